The van der Waals surface area contributed by atoms with Crippen LogP contribution in [-0.4, -0.2) is 18.0 Å². The first-order valence-corrected chi connectivity index (χ1v) is 6.01. The van der Waals surface area contributed by atoms with E-state index in [0.29, 0.717) is 6.54 Å². The van der Waals surface area contributed by atoms with Gasteiger partial charge in [0.1, 0.15) is 0 Å². The maximum Gasteiger partial charge on any atom is 0.165 e. The van der Waals surface area contributed by atoms with E-state index in [4.69, 9.17) is 10.5 Å². The summed E-state index contributed by atoms with van der Waals surface area (Å²) in [6.07, 6.45) is 0.802. The molecular formula is C12H13FN2OS. The molecule has 1 aromatic carbocycles. The minimum absolute atomic E-state index is 0.242. The Labute approximate surface area is 103 Å². The molecule has 2 rings (SSSR count). The summed E-state index contributed by atoms with van der Waals surface area (Å²) >= 11 is 1.40. The van der Waals surface area contributed by atoms with Crippen molar-refractivity contribution in [1.29, 1.82) is 0 Å². The minimum Gasteiger partial charge on any atom is -0.494 e. The lowest BCUT2D eigenvalue weighted by Crippen LogP contribution is -2.00. The van der Waals surface area contributed by atoms with E-state index in [1.165, 1.54) is 24.7 Å². The Balaban J connectivity index is 2.29. The van der Waals surface area contributed by atoms with Gasteiger partial charge in [-0.05, 0) is 48.8 Å². The minimum atomic E-state index is -0.377. The molecule has 2 aromatic rings. The average Bonchev–Trinajstić information content (AvgIpc) is 2.78. The first kappa shape index (κ1) is 12.0. The normalized spacial score (nSPS) is 10.5. The molecule has 1 heterocycles. The predicted molar refractivity (Wildman–Crippen MR) is 66.8 cm³/mol. The molecule has 5 heteroatoms. The lowest BCUT2D eigenvalue weighted by Gasteiger charge is -2.02. The van der Waals surface area contributed by atoms with Gasteiger partial charge in [-0.3, -0.25) is 0 Å². The summed E-state index contributed by atoms with van der Waals surface area (Å²) in [6, 6.07) is 6.77. The van der Waals surface area contributed by atoms with Crippen molar-refractivity contribution in [2.24, 2.45) is 5.73 Å². The molecule has 0 radical (unpaired) electrons. The fourth-order valence-corrected chi connectivity index (χ4v) is 2.28. The van der Waals surface area contributed by atoms with Crippen LogP contribution in [0.2, 0.25) is 0 Å². The van der Waals surface area contributed by atoms with E-state index in [0.717, 1.165) is 22.6 Å². The number of ether oxygens (including phenoxy) is 1. The summed E-state index contributed by atoms with van der Waals surface area (Å²) in [5, 5.41) is 0. The predicted octanol–water partition coefficient (Wildman–Crippen LogP) is 2.46. The summed E-state index contributed by atoms with van der Waals surface area (Å²) in [6.45, 7) is 0.596. The number of rotatable bonds is 4. The molecule has 0 aliphatic heterocycles. The summed E-state index contributed by atoms with van der Waals surface area (Å²) in [7, 11) is 1.44. The number of nitrogens with two attached hydrogens (primary N) is 1. The zero-order chi connectivity index (χ0) is 12.3. The SMILES string of the molecule is COc1ccc(-c2cc(CCN)sn2)cc1F. The lowest BCUT2D eigenvalue weighted by atomic mass is 10.1. The molecule has 0 amide bonds. The van der Waals surface area contributed by atoms with Gasteiger partial charge in [0.05, 0.1) is 12.8 Å². The molecule has 0 saturated heterocycles. The van der Waals surface area contributed by atoms with Crippen LogP contribution in [0.5, 0.6) is 5.75 Å². The summed E-state index contributed by atoms with van der Waals surface area (Å²) < 4.78 is 22.7. The van der Waals surface area contributed by atoms with Crippen LogP contribution >= 0.6 is 11.5 Å². The molecule has 0 saturated carbocycles. The molecule has 0 spiro atoms. The fraction of sp³-hybridized carbons (Fsp3) is 0.250. The quantitative estimate of drug-likeness (QED) is 0.909. The Bertz CT molecular complexity index is 513. The zero-order valence-corrected chi connectivity index (χ0v) is 10.3. The monoisotopic (exact) mass is 252 g/mol. The third kappa shape index (κ3) is 2.62. The Morgan fingerprint density at radius 2 is 2.24 bits per heavy atom. The van der Waals surface area contributed by atoms with E-state index >= 15 is 0 Å². The Hall–Kier alpha value is -1.46. The maximum absolute atomic E-state index is 13.5. The van der Waals surface area contributed by atoms with Crippen LogP contribution in [0.4, 0.5) is 4.39 Å². The van der Waals surface area contributed by atoms with Crippen molar-refractivity contribution in [3.63, 3.8) is 0 Å². The highest BCUT2D eigenvalue weighted by molar-refractivity contribution is 7.06. The standard InChI is InChI=1S/C12H13FN2OS/c1-16-12-3-2-8(6-10(12)13)11-7-9(4-5-14)17-15-11/h2-3,6-7H,4-5,14H2,1H3. The third-order valence-electron chi connectivity index (χ3n) is 2.40. The van der Waals surface area contributed by atoms with Gasteiger partial charge in [-0.15, -0.1) is 0 Å². The van der Waals surface area contributed by atoms with Gasteiger partial charge in [0, 0.05) is 10.4 Å². The molecule has 2 N–H and O–H groups in total. The molecule has 3 nitrogen and oxygen atoms in total. The van der Waals surface area contributed by atoms with Crippen LogP contribution in [0.15, 0.2) is 24.3 Å². The van der Waals surface area contributed by atoms with Gasteiger partial charge < -0.3 is 10.5 Å². The first-order chi connectivity index (χ1) is 8.24. The summed E-state index contributed by atoms with van der Waals surface area (Å²) in [4.78, 5) is 1.11. The average molecular weight is 252 g/mol. The van der Waals surface area contributed by atoms with Crippen molar-refractivity contribution in [2.45, 2.75) is 6.42 Å². The van der Waals surface area contributed by atoms with Crippen LogP contribution in [0.1, 0.15) is 4.88 Å². The lowest BCUT2D eigenvalue weighted by molar-refractivity contribution is 0.386. The summed E-state index contributed by atoms with van der Waals surface area (Å²) in [5.74, 6) is -0.135. The fourth-order valence-electron chi connectivity index (χ4n) is 1.53. The van der Waals surface area contributed by atoms with Gasteiger partial charge >= 0.3 is 0 Å². The molecular weight excluding hydrogens is 239 g/mol. The smallest absolute Gasteiger partial charge is 0.165 e. The Morgan fingerprint density at radius 3 is 2.88 bits per heavy atom. The van der Waals surface area contributed by atoms with Gasteiger partial charge in [-0.1, -0.05) is 0 Å². The second-order valence-electron chi connectivity index (χ2n) is 3.57. The number of halogens is 1. The van der Waals surface area contributed by atoms with E-state index in [1.807, 2.05) is 6.07 Å². The summed E-state index contributed by atoms with van der Waals surface area (Å²) in [5.41, 5.74) is 7.00. The number of nitrogens with zero attached hydrogens (tertiary/aromatic N) is 1. The van der Waals surface area contributed by atoms with Crippen LogP contribution in [0, 0.1) is 5.82 Å². The highest BCUT2D eigenvalue weighted by atomic mass is 32.1. The largest absolute Gasteiger partial charge is 0.494 e. The Kier molecular flexibility index (Phi) is 3.71. The van der Waals surface area contributed by atoms with Gasteiger partial charge in [-0.25, -0.2) is 4.39 Å². The molecule has 0 aliphatic rings. The second kappa shape index (κ2) is 5.25. The van der Waals surface area contributed by atoms with Crippen molar-refractivity contribution >= 4 is 11.5 Å². The second-order valence-corrected chi connectivity index (χ2v) is 4.46. The third-order valence-corrected chi connectivity index (χ3v) is 3.24. The van der Waals surface area contributed by atoms with Gasteiger partial charge in [-0.2, -0.15) is 4.37 Å². The highest BCUT2D eigenvalue weighted by Gasteiger charge is 2.08. The molecule has 0 aliphatic carbocycles. The van der Waals surface area contributed by atoms with E-state index in [9.17, 15) is 4.39 Å². The maximum atomic E-state index is 13.5. The van der Waals surface area contributed by atoms with Crippen molar-refractivity contribution in [1.82, 2.24) is 4.37 Å². The molecule has 1 aromatic heterocycles. The van der Waals surface area contributed by atoms with Crippen molar-refractivity contribution < 1.29 is 9.13 Å². The van der Waals surface area contributed by atoms with E-state index < -0.39 is 0 Å². The van der Waals surface area contributed by atoms with Gasteiger partial charge in [0.15, 0.2) is 11.6 Å². The first-order valence-electron chi connectivity index (χ1n) is 5.24. The zero-order valence-electron chi connectivity index (χ0n) is 9.44. The van der Waals surface area contributed by atoms with Crippen molar-refractivity contribution in [3.05, 3.63) is 35.0 Å². The molecule has 17 heavy (non-hydrogen) atoms. The van der Waals surface area contributed by atoms with Crippen LogP contribution in [-0.2, 0) is 6.42 Å². The highest BCUT2D eigenvalue weighted by Crippen LogP contribution is 2.26. The Morgan fingerprint density at radius 1 is 1.41 bits per heavy atom. The van der Waals surface area contributed by atoms with Crippen LogP contribution in [0.3, 0.4) is 0 Å². The van der Waals surface area contributed by atoms with Crippen LogP contribution in [0.25, 0.3) is 11.3 Å². The van der Waals surface area contributed by atoms with E-state index in [-0.39, 0.29) is 11.6 Å². The topological polar surface area (TPSA) is 48.1 Å². The molecule has 0 fully saturated rings. The number of methoxy groups -OCH3 is 1. The van der Waals surface area contributed by atoms with Gasteiger partial charge in [0.25, 0.3) is 0 Å². The van der Waals surface area contributed by atoms with Crippen molar-refractivity contribution in [2.75, 3.05) is 13.7 Å². The van der Waals surface area contributed by atoms with Gasteiger partial charge in [0.2, 0.25) is 0 Å². The van der Waals surface area contributed by atoms with E-state index in [2.05, 4.69) is 4.37 Å². The number of aromatic nitrogens is 1. The van der Waals surface area contributed by atoms with E-state index in [1.54, 1.807) is 12.1 Å². The number of benzene rings is 1. The molecule has 90 valence electrons. The number of hydrogen-bond acceptors (Lipinski definition) is 4. The van der Waals surface area contributed by atoms with Crippen LogP contribution < -0.4 is 10.5 Å². The van der Waals surface area contributed by atoms with Crippen molar-refractivity contribution in [3.8, 4) is 17.0 Å². The molecule has 0 atom stereocenters. The number of hydrogen-bond donors (Lipinski definition) is 1. The molecule has 0 bridgehead atoms. The molecule has 0 unspecified atom stereocenters.